The molecule has 1 aliphatic heterocycles. The van der Waals surface area contributed by atoms with Crippen LogP contribution in [-0.4, -0.2) is 36.0 Å². The first-order chi connectivity index (χ1) is 16.1. The number of likely N-dealkylation sites (tertiary alicyclic amines) is 1. The van der Waals surface area contributed by atoms with Crippen molar-refractivity contribution in [2.45, 2.75) is 38.6 Å². The standard InChI is InChI=1S/C28H31N3O2/c1-33-26-16-24-7-3-6-23(24)15-25(26)18-31-13-10-28(19-31,27(29)32)17-20-4-2-5-22(14-20)21-8-11-30-12-9-21/h2,4-5,8-9,11-12,14-16H,3,6-7,10,13,17-19H2,1H3,(H2,29,32)/t28-/m0/s1. The van der Waals surface area contributed by atoms with Crippen LogP contribution in [0.25, 0.3) is 11.1 Å². The van der Waals surface area contributed by atoms with Gasteiger partial charge in [-0.2, -0.15) is 0 Å². The molecule has 1 fully saturated rings. The number of nitrogens with two attached hydrogens (primary N) is 1. The smallest absolute Gasteiger partial charge is 0.225 e. The van der Waals surface area contributed by atoms with Crippen LogP contribution in [0.15, 0.2) is 60.9 Å². The van der Waals surface area contributed by atoms with Gasteiger partial charge in [0, 0.05) is 31.0 Å². The molecule has 2 heterocycles. The van der Waals surface area contributed by atoms with E-state index in [1.807, 2.05) is 12.1 Å². The molecule has 0 bridgehead atoms. The van der Waals surface area contributed by atoms with Gasteiger partial charge in [0.25, 0.3) is 0 Å². The van der Waals surface area contributed by atoms with E-state index < -0.39 is 5.41 Å². The van der Waals surface area contributed by atoms with Gasteiger partial charge in [-0.1, -0.05) is 30.3 Å². The summed E-state index contributed by atoms with van der Waals surface area (Å²) < 4.78 is 5.71. The van der Waals surface area contributed by atoms with E-state index >= 15 is 0 Å². The lowest BCUT2D eigenvalue weighted by molar-refractivity contribution is -0.127. The summed E-state index contributed by atoms with van der Waals surface area (Å²) >= 11 is 0. The second-order valence-electron chi connectivity index (χ2n) is 9.50. The maximum Gasteiger partial charge on any atom is 0.225 e. The predicted octanol–water partition coefficient (Wildman–Crippen LogP) is 4.17. The lowest BCUT2D eigenvalue weighted by Crippen LogP contribution is -2.41. The molecule has 2 N–H and O–H groups in total. The number of primary amides is 1. The Morgan fingerprint density at radius 3 is 2.64 bits per heavy atom. The van der Waals surface area contributed by atoms with Crippen LogP contribution < -0.4 is 10.5 Å². The molecule has 3 aromatic rings. The fourth-order valence-corrected chi connectivity index (χ4v) is 5.53. The van der Waals surface area contributed by atoms with Crippen molar-refractivity contribution in [2.24, 2.45) is 11.1 Å². The van der Waals surface area contributed by atoms with E-state index in [2.05, 4.69) is 46.3 Å². The van der Waals surface area contributed by atoms with Crippen LogP contribution in [0.3, 0.4) is 0 Å². The van der Waals surface area contributed by atoms with Gasteiger partial charge in [0.2, 0.25) is 5.91 Å². The third kappa shape index (κ3) is 4.38. The molecule has 1 aromatic heterocycles. The van der Waals surface area contributed by atoms with Gasteiger partial charge in [-0.3, -0.25) is 14.7 Å². The quantitative estimate of drug-likeness (QED) is 0.598. The van der Waals surface area contributed by atoms with Gasteiger partial charge in [0.05, 0.1) is 12.5 Å². The van der Waals surface area contributed by atoms with E-state index in [0.717, 1.165) is 54.8 Å². The van der Waals surface area contributed by atoms with Crippen molar-refractivity contribution in [3.63, 3.8) is 0 Å². The molecule has 33 heavy (non-hydrogen) atoms. The van der Waals surface area contributed by atoms with Crippen molar-refractivity contribution in [3.8, 4) is 16.9 Å². The SMILES string of the molecule is COc1cc2c(cc1CN1CC[C@@](Cc3cccc(-c4ccncc4)c3)(C(N)=O)C1)CCC2. The van der Waals surface area contributed by atoms with Crippen molar-refractivity contribution < 1.29 is 9.53 Å². The topological polar surface area (TPSA) is 68.4 Å². The summed E-state index contributed by atoms with van der Waals surface area (Å²) in [6.07, 6.45) is 8.53. The summed E-state index contributed by atoms with van der Waals surface area (Å²) in [6.45, 7) is 2.30. The fourth-order valence-electron chi connectivity index (χ4n) is 5.53. The number of fused-ring (bicyclic) bond motifs is 1. The maximum atomic E-state index is 12.7. The number of benzene rings is 2. The van der Waals surface area contributed by atoms with Crippen molar-refractivity contribution in [1.82, 2.24) is 9.88 Å². The number of carbonyl (C=O) groups is 1. The lowest BCUT2D eigenvalue weighted by atomic mass is 9.79. The third-order valence-electron chi connectivity index (χ3n) is 7.33. The second-order valence-corrected chi connectivity index (χ2v) is 9.50. The number of nitrogens with zero attached hydrogens (tertiary/aromatic N) is 2. The summed E-state index contributed by atoms with van der Waals surface area (Å²) in [5.41, 5.74) is 12.9. The van der Waals surface area contributed by atoms with Crippen LogP contribution in [0.1, 0.15) is 35.1 Å². The number of rotatable bonds is 7. The molecule has 2 aliphatic rings. The summed E-state index contributed by atoms with van der Waals surface area (Å²) in [6, 6.07) is 16.9. The Morgan fingerprint density at radius 1 is 1.09 bits per heavy atom. The van der Waals surface area contributed by atoms with Crippen LogP contribution in [0.4, 0.5) is 0 Å². The average Bonchev–Trinajstić information content (AvgIpc) is 3.46. The van der Waals surface area contributed by atoms with Crippen LogP contribution >= 0.6 is 0 Å². The van der Waals surface area contributed by atoms with Crippen molar-refractivity contribution in [2.75, 3.05) is 20.2 Å². The number of aryl methyl sites for hydroxylation is 2. The Bertz CT molecular complexity index is 1160. The van der Waals surface area contributed by atoms with Gasteiger partial charge < -0.3 is 10.5 Å². The molecule has 5 nitrogen and oxygen atoms in total. The van der Waals surface area contributed by atoms with E-state index in [4.69, 9.17) is 10.5 Å². The normalized spacial score (nSPS) is 20.0. The molecule has 0 spiro atoms. The summed E-state index contributed by atoms with van der Waals surface area (Å²) in [7, 11) is 1.74. The zero-order valence-corrected chi connectivity index (χ0v) is 19.2. The summed E-state index contributed by atoms with van der Waals surface area (Å²) in [5, 5.41) is 0. The first-order valence-corrected chi connectivity index (χ1v) is 11.8. The molecule has 1 atom stereocenters. The van der Waals surface area contributed by atoms with E-state index in [1.165, 1.54) is 23.1 Å². The average molecular weight is 442 g/mol. The molecule has 1 aliphatic carbocycles. The highest BCUT2D eigenvalue weighted by molar-refractivity contribution is 5.82. The summed E-state index contributed by atoms with van der Waals surface area (Å²) in [5.74, 6) is 0.748. The molecular formula is C28H31N3O2. The number of ether oxygens (including phenoxy) is 1. The number of hydrogen-bond acceptors (Lipinski definition) is 4. The fraction of sp³-hybridized carbons (Fsp3) is 0.357. The van der Waals surface area contributed by atoms with Crippen molar-refractivity contribution >= 4 is 5.91 Å². The molecule has 0 unspecified atom stereocenters. The number of aromatic nitrogens is 1. The molecule has 5 heteroatoms. The van der Waals surface area contributed by atoms with Crippen LogP contribution in [0.5, 0.6) is 5.75 Å². The van der Waals surface area contributed by atoms with Gasteiger partial charge >= 0.3 is 0 Å². The van der Waals surface area contributed by atoms with Gasteiger partial charge in [-0.05, 0) is 84.7 Å². The van der Waals surface area contributed by atoms with Gasteiger partial charge in [-0.25, -0.2) is 0 Å². The number of pyridine rings is 1. The second kappa shape index (κ2) is 8.99. The summed E-state index contributed by atoms with van der Waals surface area (Å²) in [4.78, 5) is 19.2. The predicted molar refractivity (Wildman–Crippen MR) is 130 cm³/mol. The van der Waals surface area contributed by atoms with Gasteiger partial charge in [0.1, 0.15) is 5.75 Å². The maximum absolute atomic E-state index is 12.7. The number of carbonyl (C=O) groups excluding carboxylic acids is 1. The van der Waals surface area contributed by atoms with E-state index in [0.29, 0.717) is 13.0 Å². The van der Waals surface area contributed by atoms with E-state index in [-0.39, 0.29) is 5.91 Å². The minimum absolute atomic E-state index is 0.208. The van der Waals surface area contributed by atoms with Crippen LogP contribution in [0, 0.1) is 5.41 Å². The first-order valence-electron chi connectivity index (χ1n) is 11.8. The molecule has 0 radical (unpaired) electrons. The van der Waals surface area contributed by atoms with E-state index in [9.17, 15) is 4.79 Å². The molecule has 5 rings (SSSR count). The highest BCUT2D eigenvalue weighted by Crippen LogP contribution is 2.37. The molecule has 0 saturated carbocycles. The zero-order valence-electron chi connectivity index (χ0n) is 19.2. The molecule has 2 aromatic carbocycles. The monoisotopic (exact) mass is 441 g/mol. The van der Waals surface area contributed by atoms with Crippen LogP contribution in [-0.2, 0) is 30.6 Å². The highest BCUT2D eigenvalue weighted by atomic mass is 16.5. The van der Waals surface area contributed by atoms with Gasteiger partial charge in [-0.15, -0.1) is 0 Å². The Labute approximate surface area is 195 Å². The lowest BCUT2D eigenvalue weighted by Gasteiger charge is -2.27. The van der Waals surface area contributed by atoms with Crippen LogP contribution in [0.2, 0.25) is 0 Å². The number of amides is 1. The Hall–Kier alpha value is -3.18. The Balaban J connectivity index is 1.35. The zero-order chi connectivity index (χ0) is 22.8. The first kappa shape index (κ1) is 21.7. The molecule has 170 valence electrons. The van der Waals surface area contributed by atoms with Crippen molar-refractivity contribution in [3.05, 3.63) is 83.2 Å². The highest BCUT2D eigenvalue weighted by Gasteiger charge is 2.43. The Morgan fingerprint density at radius 2 is 1.88 bits per heavy atom. The number of methoxy groups -OCH3 is 1. The minimum Gasteiger partial charge on any atom is -0.496 e. The van der Waals surface area contributed by atoms with E-state index in [1.54, 1.807) is 19.5 Å². The van der Waals surface area contributed by atoms with Crippen molar-refractivity contribution in [1.29, 1.82) is 0 Å². The molecule has 1 saturated heterocycles. The number of hydrogen-bond donors (Lipinski definition) is 1. The van der Waals surface area contributed by atoms with Gasteiger partial charge in [0.15, 0.2) is 0 Å². The largest absolute Gasteiger partial charge is 0.496 e. The Kier molecular flexibility index (Phi) is 5.90. The third-order valence-corrected chi connectivity index (χ3v) is 7.33. The minimum atomic E-state index is -0.555. The molecular weight excluding hydrogens is 410 g/mol. The molecule has 1 amide bonds.